The molecule has 0 spiro atoms. The van der Waals surface area contributed by atoms with Crippen molar-refractivity contribution in [2.24, 2.45) is 23.7 Å². The molecule has 0 radical (unpaired) electrons. The van der Waals surface area contributed by atoms with E-state index in [0.29, 0.717) is 0 Å². The predicted molar refractivity (Wildman–Crippen MR) is 120 cm³/mol. The van der Waals surface area contributed by atoms with Crippen LogP contribution in [0.2, 0.25) is 0 Å². The highest BCUT2D eigenvalue weighted by atomic mass is 79.9. The van der Waals surface area contributed by atoms with E-state index in [1.807, 2.05) is 0 Å². The minimum absolute atomic E-state index is 0.0197. The molecule has 2 bridgehead atoms. The van der Waals surface area contributed by atoms with E-state index < -0.39 is 53.6 Å². The lowest BCUT2D eigenvalue weighted by Gasteiger charge is -2.28. The van der Waals surface area contributed by atoms with Crippen LogP contribution in [0.25, 0.3) is 0 Å². The number of nitro groups is 1. The maximum absolute atomic E-state index is 12.8. The third-order valence-corrected chi connectivity index (χ3v) is 9.61. The van der Waals surface area contributed by atoms with E-state index in [1.165, 1.54) is 25.3 Å². The van der Waals surface area contributed by atoms with Crippen molar-refractivity contribution < 1.29 is 33.6 Å². The number of ether oxygens (including phenoxy) is 2. The van der Waals surface area contributed by atoms with Gasteiger partial charge in [0, 0.05) is 21.8 Å². The van der Waals surface area contributed by atoms with Crippen LogP contribution in [0.1, 0.15) is 6.42 Å². The van der Waals surface area contributed by atoms with E-state index in [2.05, 4.69) is 37.2 Å². The quantitative estimate of drug-likeness (QED) is 0.167. The zero-order chi connectivity index (χ0) is 24.0. The molecule has 2 aliphatic carbocycles. The Balaban J connectivity index is 1.34. The fourth-order valence-electron chi connectivity index (χ4n) is 4.97. The Morgan fingerprint density at radius 2 is 1.79 bits per heavy atom. The number of hydrogen-bond donors (Lipinski definition) is 1. The first-order chi connectivity index (χ1) is 15.6. The van der Waals surface area contributed by atoms with Gasteiger partial charge in [0.05, 0.1) is 23.9 Å². The fraction of sp³-hybridized carbons (Fsp3) is 0.500. The zero-order valence-electron chi connectivity index (χ0n) is 17.2. The second kappa shape index (κ2) is 9.01. The van der Waals surface area contributed by atoms with Crippen molar-refractivity contribution in [1.29, 1.82) is 0 Å². The largest absolute Gasteiger partial charge is 0.497 e. The number of nitrogens with zero attached hydrogens (tertiary/aromatic N) is 2. The van der Waals surface area contributed by atoms with Gasteiger partial charge >= 0.3 is 5.97 Å². The number of imide groups is 1. The summed E-state index contributed by atoms with van der Waals surface area (Å²) in [5, 5.41) is 13.4. The molecule has 1 heterocycles. The number of nitro benzene ring substituents is 1. The molecule has 11 nitrogen and oxygen atoms in total. The van der Waals surface area contributed by atoms with Gasteiger partial charge in [-0.3, -0.25) is 34.2 Å². The van der Waals surface area contributed by atoms with Gasteiger partial charge in [-0.15, -0.1) is 0 Å². The van der Waals surface area contributed by atoms with Gasteiger partial charge < -0.3 is 14.8 Å². The van der Waals surface area contributed by atoms with Crippen molar-refractivity contribution in [3.05, 3.63) is 28.3 Å². The minimum atomic E-state index is -0.926. The number of hydrogen-bond acceptors (Lipinski definition) is 8. The van der Waals surface area contributed by atoms with Gasteiger partial charge in [0.2, 0.25) is 11.8 Å². The summed E-state index contributed by atoms with van der Waals surface area (Å²) in [6.07, 6.45) is 0.771. The number of rotatable bonds is 7. The second-order valence-electron chi connectivity index (χ2n) is 8.12. The first-order valence-electron chi connectivity index (χ1n) is 10.0. The van der Waals surface area contributed by atoms with Crippen molar-refractivity contribution in [1.82, 2.24) is 4.90 Å². The molecule has 1 aromatic rings. The average molecular weight is 589 g/mol. The number of benzene rings is 1. The molecular weight excluding hydrogens is 570 g/mol. The van der Waals surface area contributed by atoms with Crippen molar-refractivity contribution in [3.8, 4) is 5.75 Å². The summed E-state index contributed by atoms with van der Waals surface area (Å²) < 4.78 is 9.90. The summed E-state index contributed by atoms with van der Waals surface area (Å²) in [5.74, 6) is -3.12. The smallest absolute Gasteiger partial charge is 0.326 e. The summed E-state index contributed by atoms with van der Waals surface area (Å²) in [6, 6.07) is 3.81. The number of methoxy groups -OCH3 is 1. The van der Waals surface area contributed by atoms with Gasteiger partial charge in [-0.05, 0) is 24.3 Å². The Morgan fingerprint density at radius 1 is 1.18 bits per heavy atom. The van der Waals surface area contributed by atoms with Gasteiger partial charge in [-0.2, -0.15) is 0 Å². The van der Waals surface area contributed by atoms with E-state index in [9.17, 15) is 29.3 Å². The Bertz CT molecular complexity index is 1020. The van der Waals surface area contributed by atoms with Crippen LogP contribution < -0.4 is 10.1 Å². The molecule has 0 unspecified atom stereocenters. The first-order valence-corrected chi connectivity index (χ1v) is 11.9. The summed E-state index contributed by atoms with van der Waals surface area (Å²) in [4.78, 5) is 61.6. The minimum Gasteiger partial charge on any atom is -0.497 e. The predicted octanol–water partition coefficient (Wildman–Crippen LogP) is 1.86. The maximum atomic E-state index is 12.8. The molecule has 176 valence electrons. The van der Waals surface area contributed by atoms with Crippen LogP contribution in [-0.4, -0.2) is 63.4 Å². The van der Waals surface area contributed by atoms with Gasteiger partial charge in [0.1, 0.15) is 18.0 Å². The van der Waals surface area contributed by atoms with Gasteiger partial charge in [0.25, 0.3) is 11.6 Å². The topological polar surface area (TPSA) is 145 Å². The third-order valence-electron chi connectivity index (χ3n) is 6.40. The average Bonchev–Trinajstić information content (AvgIpc) is 3.38. The summed E-state index contributed by atoms with van der Waals surface area (Å²) >= 11 is 7.18. The highest BCUT2D eigenvalue weighted by molar-refractivity contribution is 9.12. The van der Waals surface area contributed by atoms with Crippen molar-refractivity contribution >= 4 is 66.9 Å². The third kappa shape index (κ3) is 4.12. The van der Waals surface area contributed by atoms with Crippen molar-refractivity contribution in [2.75, 3.05) is 25.6 Å². The van der Waals surface area contributed by atoms with E-state index >= 15 is 0 Å². The Kier molecular flexibility index (Phi) is 6.45. The van der Waals surface area contributed by atoms with E-state index in [1.54, 1.807) is 0 Å². The number of nitrogens with one attached hydrogen (secondary N) is 1. The van der Waals surface area contributed by atoms with Crippen LogP contribution in [0, 0.1) is 33.8 Å². The standard InChI is InChI=1S/C20H19Br2N3O8/c1-32-8-2-3-12(25(30)31)11(4-8)23-13(26)7-33-14(27)6-24-19(28)15-9-5-10(16(15)20(24)29)18(22)17(9)21/h2-4,9-10,15-18H,5-7H2,1H3,(H,23,26)/t9-,10-,15-,16+,17-,18+/m1/s1. The lowest BCUT2D eigenvalue weighted by Crippen LogP contribution is -2.38. The van der Waals surface area contributed by atoms with Crippen LogP contribution in [0.15, 0.2) is 18.2 Å². The van der Waals surface area contributed by atoms with E-state index in [0.717, 1.165) is 11.3 Å². The van der Waals surface area contributed by atoms with Gasteiger partial charge in [0.15, 0.2) is 6.61 Å². The molecular formula is C20H19Br2N3O8. The molecule has 1 aromatic carbocycles. The maximum Gasteiger partial charge on any atom is 0.326 e. The Hall–Kier alpha value is -2.54. The number of likely N-dealkylation sites (tertiary alicyclic amines) is 1. The Labute approximate surface area is 204 Å². The molecule has 6 atom stereocenters. The molecule has 3 fully saturated rings. The fourth-order valence-corrected chi connectivity index (χ4v) is 6.85. The number of carbonyl (C=O) groups is 4. The van der Waals surface area contributed by atoms with E-state index in [4.69, 9.17) is 9.47 Å². The number of fused-ring (bicyclic) bond motifs is 5. The number of esters is 1. The van der Waals surface area contributed by atoms with Crippen molar-refractivity contribution in [3.63, 3.8) is 0 Å². The molecule has 1 aliphatic heterocycles. The molecule has 13 heteroatoms. The highest BCUT2D eigenvalue weighted by Gasteiger charge is 2.66. The van der Waals surface area contributed by atoms with Crippen molar-refractivity contribution in [2.45, 2.75) is 16.1 Å². The van der Waals surface area contributed by atoms with Crippen LogP contribution in [-0.2, 0) is 23.9 Å². The molecule has 4 rings (SSSR count). The SMILES string of the molecule is COc1ccc([N+](=O)[O-])c(NC(=O)COC(=O)CN2C(=O)[C@@H]3[C@H]4C[C@@H]([C@H](Br)[C@@H]4Br)[C@@H]3C2=O)c1. The molecule has 2 saturated carbocycles. The molecule has 1 N–H and O–H groups in total. The number of carbonyl (C=O) groups excluding carboxylic acids is 4. The number of halogens is 2. The molecule has 3 amide bonds. The number of alkyl halides is 2. The monoisotopic (exact) mass is 587 g/mol. The normalized spacial score (nSPS) is 29.7. The van der Waals surface area contributed by atoms with Crippen LogP contribution in [0.5, 0.6) is 5.75 Å². The Morgan fingerprint density at radius 3 is 2.33 bits per heavy atom. The lowest BCUT2D eigenvalue weighted by molar-refractivity contribution is -0.383. The van der Waals surface area contributed by atoms with Crippen LogP contribution in [0.4, 0.5) is 11.4 Å². The second-order valence-corrected chi connectivity index (χ2v) is 10.2. The first kappa shape index (κ1) is 23.6. The molecule has 33 heavy (non-hydrogen) atoms. The van der Waals surface area contributed by atoms with Gasteiger partial charge in [-0.1, -0.05) is 31.9 Å². The van der Waals surface area contributed by atoms with E-state index in [-0.39, 0.29) is 38.6 Å². The molecule has 0 aromatic heterocycles. The van der Waals surface area contributed by atoms with Crippen LogP contribution >= 0.6 is 31.9 Å². The summed E-state index contributed by atoms with van der Waals surface area (Å²) in [7, 11) is 1.37. The lowest BCUT2D eigenvalue weighted by atomic mass is 9.81. The molecule has 3 aliphatic rings. The zero-order valence-corrected chi connectivity index (χ0v) is 20.4. The summed E-state index contributed by atoms with van der Waals surface area (Å²) in [6.45, 7) is -1.33. The number of anilines is 1. The number of amides is 3. The molecule has 1 saturated heterocycles. The van der Waals surface area contributed by atoms with Crippen LogP contribution in [0.3, 0.4) is 0 Å². The summed E-state index contributed by atoms with van der Waals surface area (Å²) in [5.41, 5.74) is -0.484. The van der Waals surface area contributed by atoms with Gasteiger partial charge in [-0.25, -0.2) is 0 Å². The highest BCUT2D eigenvalue weighted by Crippen LogP contribution is 2.60.